The van der Waals surface area contributed by atoms with Crippen LogP contribution in [0.15, 0.2) is 22.7 Å². The lowest BCUT2D eigenvalue weighted by Crippen LogP contribution is -2.30. The average molecular weight is 284 g/mol. The van der Waals surface area contributed by atoms with Gasteiger partial charge >= 0.3 is 0 Å². The first kappa shape index (κ1) is 10.3. The van der Waals surface area contributed by atoms with Crippen molar-refractivity contribution in [3.63, 3.8) is 0 Å². The van der Waals surface area contributed by atoms with Crippen LogP contribution in [0.3, 0.4) is 0 Å². The van der Waals surface area contributed by atoms with Gasteiger partial charge < -0.3 is 4.90 Å². The Labute approximate surface area is 102 Å². The van der Waals surface area contributed by atoms with Gasteiger partial charge in [0.25, 0.3) is 5.91 Å². The molecule has 2 atom stereocenters. The maximum atomic E-state index is 13.2. The monoisotopic (exact) mass is 283 g/mol. The summed E-state index contributed by atoms with van der Waals surface area (Å²) in [6.45, 7) is 1.69. The van der Waals surface area contributed by atoms with Crippen LogP contribution >= 0.6 is 15.9 Å². The predicted octanol–water partition coefficient (Wildman–Crippen LogP) is 2.68. The molecule has 1 aliphatic carbocycles. The molecule has 2 unspecified atom stereocenters. The number of carbonyl (C=O) groups is 1. The number of hydrogen-bond donors (Lipinski definition) is 0. The SMILES string of the molecule is O=C(c1cc(F)cc(Br)c1)N1CC2CC2C1. The molecule has 16 heavy (non-hydrogen) atoms. The van der Waals surface area contributed by atoms with Crippen LogP contribution in [0.25, 0.3) is 0 Å². The number of likely N-dealkylation sites (tertiary alicyclic amines) is 1. The third kappa shape index (κ3) is 1.75. The molecule has 2 nitrogen and oxygen atoms in total. The van der Waals surface area contributed by atoms with E-state index in [0.717, 1.165) is 13.1 Å². The topological polar surface area (TPSA) is 20.3 Å². The zero-order chi connectivity index (χ0) is 11.3. The molecule has 1 amide bonds. The van der Waals surface area contributed by atoms with Crippen molar-refractivity contribution in [2.75, 3.05) is 13.1 Å². The van der Waals surface area contributed by atoms with Gasteiger partial charge in [-0.15, -0.1) is 0 Å². The van der Waals surface area contributed by atoms with Crippen molar-refractivity contribution in [2.45, 2.75) is 6.42 Å². The van der Waals surface area contributed by atoms with E-state index in [4.69, 9.17) is 0 Å². The van der Waals surface area contributed by atoms with E-state index in [0.29, 0.717) is 21.9 Å². The van der Waals surface area contributed by atoms with Crippen LogP contribution in [0, 0.1) is 17.7 Å². The van der Waals surface area contributed by atoms with E-state index in [-0.39, 0.29) is 11.7 Å². The lowest BCUT2D eigenvalue weighted by molar-refractivity contribution is 0.0775. The molecule has 1 saturated carbocycles. The van der Waals surface area contributed by atoms with Crippen LogP contribution in [0.5, 0.6) is 0 Å². The van der Waals surface area contributed by atoms with Crippen molar-refractivity contribution >= 4 is 21.8 Å². The molecule has 4 heteroatoms. The first-order valence-electron chi connectivity index (χ1n) is 5.39. The number of amides is 1. The molecule has 3 rings (SSSR count). The Hall–Kier alpha value is -0.900. The maximum absolute atomic E-state index is 13.2. The highest BCUT2D eigenvalue weighted by Gasteiger charge is 2.46. The predicted molar refractivity (Wildman–Crippen MR) is 61.6 cm³/mol. The van der Waals surface area contributed by atoms with Gasteiger partial charge in [-0.1, -0.05) is 15.9 Å². The number of hydrogen-bond acceptors (Lipinski definition) is 1. The third-order valence-electron chi connectivity index (χ3n) is 3.38. The Balaban J connectivity index is 1.83. The van der Waals surface area contributed by atoms with E-state index >= 15 is 0 Å². The van der Waals surface area contributed by atoms with Crippen LogP contribution in [0.1, 0.15) is 16.8 Å². The van der Waals surface area contributed by atoms with Crippen LogP contribution in [-0.4, -0.2) is 23.9 Å². The Morgan fingerprint density at radius 2 is 2.00 bits per heavy atom. The molecule has 1 aromatic rings. The van der Waals surface area contributed by atoms with Gasteiger partial charge in [-0.05, 0) is 36.5 Å². The van der Waals surface area contributed by atoms with Gasteiger partial charge in [0.05, 0.1) is 0 Å². The van der Waals surface area contributed by atoms with Gasteiger partial charge in [0.1, 0.15) is 5.82 Å². The quantitative estimate of drug-likeness (QED) is 0.776. The summed E-state index contributed by atoms with van der Waals surface area (Å²) >= 11 is 3.20. The van der Waals surface area contributed by atoms with E-state index in [1.807, 2.05) is 4.90 Å². The first-order chi connectivity index (χ1) is 7.63. The molecule has 1 aromatic carbocycles. The van der Waals surface area contributed by atoms with E-state index in [9.17, 15) is 9.18 Å². The highest BCUT2D eigenvalue weighted by Crippen LogP contribution is 2.45. The van der Waals surface area contributed by atoms with E-state index < -0.39 is 0 Å². The molecule has 0 N–H and O–H groups in total. The molecule has 1 saturated heterocycles. The van der Waals surface area contributed by atoms with Crippen LogP contribution in [0.4, 0.5) is 4.39 Å². The average Bonchev–Trinajstić information content (AvgIpc) is 2.83. The van der Waals surface area contributed by atoms with Crippen molar-refractivity contribution in [1.82, 2.24) is 4.90 Å². The summed E-state index contributed by atoms with van der Waals surface area (Å²) in [5, 5.41) is 0. The normalized spacial score (nSPS) is 26.8. The fourth-order valence-corrected chi connectivity index (χ4v) is 2.89. The second-order valence-corrected chi connectivity index (χ2v) is 5.54. The summed E-state index contributed by atoms with van der Waals surface area (Å²) in [5.74, 6) is 0.997. The van der Waals surface area contributed by atoms with Gasteiger partial charge in [0, 0.05) is 23.1 Å². The zero-order valence-corrected chi connectivity index (χ0v) is 10.2. The van der Waals surface area contributed by atoms with Crippen LogP contribution < -0.4 is 0 Å². The Morgan fingerprint density at radius 3 is 2.62 bits per heavy atom. The molecule has 1 aliphatic heterocycles. The molecule has 0 aromatic heterocycles. The molecular weight excluding hydrogens is 273 g/mol. The second kappa shape index (κ2) is 3.55. The Kier molecular flexibility index (Phi) is 2.28. The van der Waals surface area contributed by atoms with Gasteiger partial charge in [0.15, 0.2) is 0 Å². The fraction of sp³-hybridized carbons (Fsp3) is 0.417. The van der Waals surface area contributed by atoms with Gasteiger partial charge in [-0.25, -0.2) is 4.39 Å². The van der Waals surface area contributed by atoms with Crippen molar-refractivity contribution in [2.24, 2.45) is 11.8 Å². The van der Waals surface area contributed by atoms with Crippen LogP contribution in [0.2, 0.25) is 0 Å². The largest absolute Gasteiger partial charge is 0.338 e. The number of benzene rings is 1. The highest BCUT2D eigenvalue weighted by atomic mass is 79.9. The summed E-state index contributed by atoms with van der Waals surface area (Å²) in [6, 6.07) is 4.34. The fourth-order valence-electron chi connectivity index (χ4n) is 2.42. The maximum Gasteiger partial charge on any atom is 0.254 e. The molecule has 0 radical (unpaired) electrons. The van der Waals surface area contributed by atoms with Crippen molar-refractivity contribution in [3.8, 4) is 0 Å². The molecule has 1 heterocycles. The summed E-state index contributed by atoms with van der Waals surface area (Å²) < 4.78 is 13.8. The summed E-state index contributed by atoms with van der Waals surface area (Å²) in [4.78, 5) is 13.9. The van der Waals surface area contributed by atoms with E-state index in [2.05, 4.69) is 15.9 Å². The zero-order valence-electron chi connectivity index (χ0n) is 8.62. The first-order valence-corrected chi connectivity index (χ1v) is 6.18. The van der Waals surface area contributed by atoms with Gasteiger partial charge in [-0.3, -0.25) is 4.79 Å². The molecule has 2 fully saturated rings. The molecule has 0 bridgehead atoms. The highest BCUT2D eigenvalue weighted by molar-refractivity contribution is 9.10. The number of nitrogens with zero attached hydrogens (tertiary/aromatic N) is 1. The minimum Gasteiger partial charge on any atom is -0.338 e. The minimum atomic E-state index is -0.373. The number of fused-ring (bicyclic) bond motifs is 1. The lowest BCUT2D eigenvalue weighted by Gasteiger charge is -2.18. The van der Waals surface area contributed by atoms with Crippen molar-refractivity contribution in [1.29, 1.82) is 0 Å². The smallest absolute Gasteiger partial charge is 0.254 e. The second-order valence-electron chi connectivity index (χ2n) is 4.62. The van der Waals surface area contributed by atoms with E-state index in [1.165, 1.54) is 18.6 Å². The number of piperidine rings is 1. The number of carbonyl (C=O) groups excluding carboxylic acids is 1. The summed E-state index contributed by atoms with van der Waals surface area (Å²) in [5.41, 5.74) is 0.438. The van der Waals surface area contributed by atoms with Crippen molar-refractivity contribution < 1.29 is 9.18 Å². The van der Waals surface area contributed by atoms with Gasteiger partial charge in [-0.2, -0.15) is 0 Å². The van der Waals surface area contributed by atoms with Crippen LogP contribution in [-0.2, 0) is 0 Å². The molecule has 0 spiro atoms. The Morgan fingerprint density at radius 1 is 1.31 bits per heavy atom. The number of halogens is 2. The van der Waals surface area contributed by atoms with Crippen molar-refractivity contribution in [3.05, 3.63) is 34.1 Å². The third-order valence-corrected chi connectivity index (χ3v) is 3.83. The summed E-state index contributed by atoms with van der Waals surface area (Å²) in [6.07, 6.45) is 1.26. The molecule has 2 aliphatic rings. The number of rotatable bonds is 1. The standard InChI is InChI=1S/C12H11BrFNO/c13-10-2-7(3-11(14)4-10)12(16)15-5-8-1-9(8)6-15/h2-4,8-9H,1,5-6H2. The van der Waals surface area contributed by atoms with E-state index in [1.54, 1.807) is 6.07 Å². The lowest BCUT2D eigenvalue weighted by atomic mass is 10.2. The molecule has 84 valence electrons. The summed E-state index contributed by atoms with van der Waals surface area (Å²) in [7, 11) is 0. The van der Waals surface area contributed by atoms with Gasteiger partial charge in [0.2, 0.25) is 0 Å². The Bertz CT molecular complexity index is 432. The minimum absolute atomic E-state index is 0.0487. The molecular formula is C12H11BrFNO.